The Morgan fingerprint density at radius 1 is 0.234 bits per heavy atom. The standard InChI is InChI=1S/C44H24O3/c1-3-13-32-30(11-1)43(25-18-20-39-34(21-25)36-24-41-35(23-42(36)47-39)28-10-6-8-16-38(28)46-41)31-12-2-4-14-33(31)44(32)26-17-19-29-27-9-5-7-15-37(27)45-40(29)22-26/h1-24H. The molecule has 47 heavy (non-hydrogen) atoms. The Hall–Kier alpha value is -6.32. The molecule has 3 heterocycles. The highest BCUT2D eigenvalue weighted by molar-refractivity contribution is 6.23. The molecule has 218 valence electrons. The van der Waals surface area contributed by atoms with Crippen molar-refractivity contribution in [1.82, 2.24) is 0 Å². The van der Waals surface area contributed by atoms with E-state index in [1.807, 2.05) is 30.3 Å². The summed E-state index contributed by atoms with van der Waals surface area (Å²) >= 11 is 0. The van der Waals surface area contributed by atoms with Gasteiger partial charge in [0, 0.05) is 32.3 Å². The molecule has 8 aromatic carbocycles. The molecule has 0 radical (unpaired) electrons. The minimum Gasteiger partial charge on any atom is -0.456 e. The van der Waals surface area contributed by atoms with Crippen LogP contribution in [-0.4, -0.2) is 0 Å². The van der Waals surface area contributed by atoms with Crippen molar-refractivity contribution in [2.75, 3.05) is 0 Å². The van der Waals surface area contributed by atoms with E-state index in [1.165, 1.54) is 32.7 Å². The third-order valence-electron chi connectivity index (χ3n) is 9.86. The second-order valence-electron chi connectivity index (χ2n) is 12.4. The molecule has 0 bridgehead atoms. The molecule has 3 heteroatoms. The maximum Gasteiger partial charge on any atom is 0.136 e. The first-order valence-corrected chi connectivity index (χ1v) is 15.9. The first-order chi connectivity index (χ1) is 23.3. The van der Waals surface area contributed by atoms with Crippen LogP contribution in [0.15, 0.2) is 159 Å². The van der Waals surface area contributed by atoms with E-state index in [0.29, 0.717) is 0 Å². The number of rotatable bonds is 2. The number of furan rings is 3. The average Bonchev–Trinajstić information content (AvgIpc) is 3.79. The Bertz CT molecular complexity index is 3020. The van der Waals surface area contributed by atoms with Crippen LogP contribution < -0.4 is 0 Å². The molecule has 0 fully saturated rings. The molecule has 0 saturated heterocycles. The molecule has 0 spiro atoms. The lowest BCUT2D eigenvalue weighted by molar-refractivity contribution is 0.664. The number of hydrogen-bond acceptors (Lipinski definition) is 3. The zero-order chi connectivity index (χ0) is 30.6. The van der Waals surface area contributed by atoms with E-state index in [2.05, 4.69) is 115 Å². The van der Waals surface area contributed by atoms with Crippen molar-refractivity contribution in [2.24, 2.45) is 0 Å². The van der Waals surface area contributed by atoms with E-state index in [0.717, 1.165) is 76.9 Å². The normalized spacial score (nSPS) is 12.3. The van der Waals surface area contributed by atoms with Crippen molar-refractivity contribution in [1.29, 1.82) is 0 Å². The van der Waals surface area contributed by atoms with Gasteiger partial charge in [0.15, 0.2) is 0 Å². The quantitative estimate of drug-likeness (QED) is 0.185. The fourth-order valence-electron chi connectivity index (χ4n) is 7.78. The Kier molecular flexibility index (Phi) is 4.84. The van der Waals surface area contributed by atoms with Gasteiger partial charge in [-0.2, -0.15) is 0 Å². The topological polar surface area (TPSA) is 39.4 Å². The van der Waals surface area contributed by atoms with Crippen LogP contribution >= 0.6 is 0 Å². The van der Waals surface area contributed by atoms with Crippen molar-refractivity contribution in [3.63, 3.8) is 0 Å². The highest BCUT2D eigenvalue weighted by Gasteiger charge is 2.19. The Balaban J connectivity index is 1.18. The molecule has 0 N–H and O–H groups in total. The number of para-hydroxylation sites is 2. The van der Waals surface area contributed by atoms with Crippen LogP contribution in [-0.2, 0) is 0 Å². The van der Waals surface area contributed by atoms with E-state index < -0.39 is 0 Å². The Morgan fingerprint density at radius 3 is 1.17 bits per heavy atom. The summed E-state index contributed by atoms with van der Waals surface area (Å²) in [5.74, 6) is 0. The summed E-state index contributed by atoms with van der Waals surface area (Å²) in [6.45, 7) is 0. The van der Waals surface area contributed by atoms with Crippen molar-refractivity contribution in [2.45, 2.75) is 0 Å². The highest BCUT2D eigenvalue weighted by Crippen LogP contribution is 2.46. The van der Waals surface area contributed by atoms with Gasteiger partial charge in [0.05, 0.1) is 0 Å². The monoisotopic (exact) mass is 600 g/mol. The first-order valence-electron chi connectivity index (χ1n) is 15.9. The van der Waals surface area contributed by atoms with E-state index >= 15 is 0 Å². The zero-order valence-electron chi connectivity index (χ0n) is 25.1. The van der Waals surface area contributed by atoms with Gasteiger partial charge in [-0.05, 0) is 92.3 Å². The lowest BCUT2D eigenvalue weighted by Gasteiger charge is -2.17. The predicted molar refractivity (Wildman–Crippen MR) is 194 cm³/mol. The molecule has 0 unspecified atom stereocenters. The van der Waals surface area contributed by atoms with Gasteiger partial charge in [-0.1, -0.05) is 97.1 Å². The molecular formula is C44H24O3. The fourth-order valence-corrected chi connectivity index (χ4v) is 7.78. The summed E-state index contributed by atoms with van der Waals surface area (Å²) in [6, 6.07) is 51.4. The van der Waals surface area contributed by atoms with Crippen LogP contribution in [0.1, 0.15) is 0 Å². The largest absolute Gasteiger partial charge is 0.456 e. The zero-order valence-corrected chi connectivity index (χ0v) is 25.1. The second kappa shape index (κ2) is 9.12. The van der Waals surface area contributed by atoms with Gasteiger partial charge in [0.2, 0.25) is 0 Å². The molecule has 3 aromatic heterocycles. The molecule has 0 aliphatic carbocycles. The third-order valence-corrected chi connectivity index (χ3v) is 9.86. The van der Waals surface area contributed by atoms with E-state index in [-0.39, 0.29) is 0 Å². The molecule has 11 rings (SSSR count). The van der Waals surface area contributed by atoms with Crippen LogP contribution in [0.5, 0.6) is 0 Å². The van der Waals surface area contributed by atoms with Gasteiger partial charge < -0.3 is 13.3 Å². The highest BCUT2D eigenvalue weighted by atomic mass is 16.3. The Labute approximate surface area is 267 Å². The van der Waals surface area contributed by atoms with Crippen molar-refractivity contribution in [3.8, 4) is 22.3 Å². The van der Waals surface area contributed by atoms with Crippen LogP contribution in [0.4, 0.5) is 0 Å². The number of fused-ring (bicyclic) bond motifs is 11. The van der Waals surface area contributed by atoms with Gasteiger partial charge in [0.25, 0.3) is 0 Å². The van der Waals surface area contributed by atoms with Gasteiger partial charge in [-0.3, -0.25) is 0 Å². The van der Waals surface area contributed by atoms with Crippen LogP contribution in [0, 0.1) is 0 Å². The smallest absolute Gasteiger partial charge is 0.136 e. The van der Waals surface area contributed by atoms with Crippen LogP contribution in [0.3, 0.4) is 0 Å². The van der Waals surface area contributed by atoms with Crippen molar-refractivity contribution < 1.29 is 13.3 Å². The summed E-state index contributed by atoms with van der Waals surface area (Å²) < 4.78 is 19.0. The SMILES string of the molecule is c1ccc2c(c1)oc1cc(-c3c4ccccc4c(-c4ccc5oc6cc7c(cc6c5c4)oc4ccccc47)c4ccccc34)ccc12. The fraction of sp³-hybridized carbons (Fsp3) is 0. The molecule has 0 amide bonds. The van der Waals surface area contributed by atoms with Crippen LogP contribution in [0.25, 0.3) is 110 Å². The summed E-state index contributed by atoms with van der Waals surface area (Å²) in [6.07, 6.45) is 0. The molecule has 0 aliphatic heterocycles. The van der Waals surface area contributed by atoms with Gasteiger partial charge in [0.1, 0.15) is 33.5 Å². The summed E-state index contributed by atoms with van der Waals surface area (Å²) in [5, 5.41) is 11.4. The van der Waals surface area contributed by atoms with Gasteiger partial charge >= 0.3 is 0 Å². The summed E-state index contributed by atoms with van der Waals surface area (Å²) in [7, 11) is 0. The molecular weight excluding hydrogens is 576 g/mol. The van der Waals surface area contributed by atoms with Crippen molar-refractivity contribution >= 4 is 87.4 Å². The molecule has 0 saturated carbocycles. The third kappa shape index (κ3) is 3.46. The summed E-state index contributed by atoms with van der Waals surface area (Å²) in [5.41, 5.74) is 10.0. The summed E-state index contributed by atoms with van der Waals surface area (Å²) in [4.78, 5) is 0. The van der Waals surface area contributed by atoms with E-state index in [1.54, 1.807) is 0 Å². The van der Waals surface area contributed by atoms with E-state index in [4.69, 9.17) is 13.3 Å². The van der Waals surface area contributed by atoms with Gasteiger partial charge in [-0.15, -0.1) is 0 Å². The second-order valence-corrected chi connectivity index (χ2v) is 12.4. The lowest BCUT2D eigenvalue weighted by Crippen LogP contribution is -1.90. The molecule has 11 aromatic rings. The Morgan fingerprint density at radius 2 is 0.596 bits per heavy atom. The maximum absolute atomic E-state index is 6.43. The molecule has 0 atom stereocenters. The van der Waals surface area contributed by atoms with Crippen molar-refractivity contribution in [3.05, 3.63) is 146 Å². The van der Waals surface area contributed by atoms with Crippen LogP contribution in [0.2, 0.25) is 0 Å². The molecule has 0 aliphatic rings. The lowest BCUT2D eigenvalue weighted by atomic mass is 9.85. The van der Waals surface area contributed by atoms with Gasteiger partial charge in [-0.25, -0.2) is 0 Å². The minimum atomic E-state index is 0.863. The number of benzene rings is 8. The predicted octanol–water partition coefficient (Wildman–Crippen LogP) is 13.0. The maximum atomic E-state index is 6.43. The molecule has 3 nitrogen and oxygen atoms in total. The minimum absolute atomic E-state index is 0.863. The average molecular weight is 601 g/mol. The first kappa shape index (κ1) is 24.9. The number of hydrogen-bond donors (Lipinski definition) is 0. The van der Waals surface area contributed by atoms with E-state index in [9.17, 15) is 0 Å².